The first kappa shape index (κ1) is 15.6. The topological polar surface area (TPSA) is 72.6 Å². The van der Waals surface area contributed by atoms with Crippen molar-refractivity contribution < 1.29 is 14.3 Å². The molecule has 2 rings (SSSR count). The lowest BCUT2D eigenvalue weighted by Gasteiger charge is -2.30. The molecule has 1 amide bonds. The Kier molecular flexibility index (Phi) is 5.07. The van der Waals surface area contributed by atoms with Gasteiger partial charge in [-0.1, -0.05) is 18.5 Å². The van der Waals surface area contributed by atoms with Gasteiger partial charge in [0, 0.05) is 13.1 Å². The minimum Gasteiger partial charge on any atom is -0.452 e. The Labute approximate surface area is 129 Å². The lowest BCUT2D eigenvalue weighted by molar-refractivity contribution is -0.136. The smallest absolute Gasteiger partial charge is 0.338 e. The van der Waals surface area contributed by atoms with Crippen LogP contribution in [-0.2, 0) is 9.53 Å². The van der Waals surface area contributed by atoms with Crippen LogP contribution >= 0.6 is 11.6 Å². The number of hydrogen-bond donors (Lipinski definition) is 1. The van der Waals surface area contributed by atoms with Crippen molar-refractivity contribution in [3.63, 3.8) is 0 Å². The average molecular weight is 311 g/mol. The molecule has 1 saturated heterocycles. The van der Waals surface area contributed by atoms with E-state index in [-0.39, 0.29) is 18.1 Å². The number of esters is 1. The van der Waals surface area contributed by atoms with Crippen LogP contribution < -0.4 is 5.73 Å². The molecule has 1 fully saturated rings. The van der Waals surface area contributed by atoms with Crippen LogP contribution in [0.15, 0.2) is 18.2 Å². The number of rotatable bonds is 3. The van der Waals surface area contributed by atoms with Gasteiger partial charge in [-0.25, -0.2) is 4.79 Å². The zero-order valence-corrected chi connectivity index (χ0v) is 12.7. The first-order chi connectivity index (χ1) is 9.97. The van der Waals surface area contributed by atoms with Gasteiger partial charge in [0.05, 0.1) is 16.3 Å². The Bertz CT molecular complexity index is 548. The Morgan fingerprint density at radius 1 is 1.48 bits per heavy atom. The number of anilines is 1. The maximum Gasteiger partial charge on any atom is 0.338 e. The molecule has 5 nitrogen and oxygen atoms in total. The predicted molar refractivity (Wildman–Crippen MR) is 81.1 cm³/mol. The molecule has 1 aromatic carbocycles. The molecule has 0 spiro atoms. The van der Waals surface area contributed by atoms with E-state index in [2.05, 4.69) is 6.92 Å². The summed E-state index contributed by atoms with van der Waals surface area (Å²) in [6, 6.07) is 4.49. The molecule has 0 bridgehead atoms. The summed E-state index contributed by atoms with van der Waals surface area (Å²) in [5.41, 5.74) is 6.23. The van der Waals surface area contributed by atoms with Crippen molar-refractivity contribution in [1.82, 2.24) is 4.90 Å². The number of nitrogen functional groups attached to an aromatic ring is 1. The summed E-state index contributed by atoms with van der Waals surface area (Å²) in [4.78, 5) is 25.6. The van der Waals surface area contributed by atoms with Crippen LogP contribution in [0.2, 0.25) is 5.02 Å². The normalized spacial score (nSPS) is 18.4. The summed E-state index contributed by atoms with van der Waals surface area (Å²) >= 11 is 5.79. The fraction of sp³-hybridized carbons (Fsp3) is 0.467. The number of hydrogen-bond acceptors (Lipinski definition) is 4. The number of benzene rings is 1. The maximum absolute atomic E-state index is 12.0. The van der Waals surface area contributed by atoms with Crippen molar-refractivity contribution in [2.24, 2.45) is 5.92 Å². The first-order valence-corrected chi connectivity index (χ1v) is 7.35. The van der Waals surface area contributed by atoms with Gasteiger partial charge < -0.3 is 15.4 Å². The number of ether oxygens (including phenoxy) is 1. The molecule has 1 aromatic rings. The Hall–Kier alpha value is -1.75. The second-order valence-electron chi connectivity index (χ2n) is 5.40. The van der Waals surface area contributed by atoms with Crippen LogP contribution in [0, 0.1) is 5.92 Å². The van der Waals surface area contributed by atoms with Gasteiger partial charge in [-0.15, -0.1) is 0 Å². The summed E-state index contributed by atoms with van der Waals surface area (Å²) in [5.74, 6) is -0.233. The van der Waals surface area contributed by atoms with Gasteiger partial charge in [0.1, 0.15) is 0 Å². The number of piperidine rings is 1. The number of carbonyl (C=O) groups is 2. The van der Waals surface area contributed by atoms with E-state index >= 15 is 0 Å². The van der Waals surface area contributed by atoms with E-state index in [1.54, 1.807) is 4.90 Å². The quantitative estimate of drug-likeness (QED) is 0.687. The lowest BCUT2D eigenvalue weighted by atomic mass is 10.0. The van der Waals surface area contributed by atoms with Crippen LogP contribution in [0.3, 0.4) is 0 Å². The molecular formula is C15H19ClN2O3. The first-order valence-electron chi connectivity index (χ1n) is 6.97. The van der Waals surface area contributed by atoms with E-state index in [9.17, 15) is 9.59 Å². The largest absolute Gasteiger partial charge is 0.452 e. The number of likely N-dealkylation sites (tertiary alicyclic amines) is 1. The summed E-state index contributed by atoms with van der Waals surface area (Å²) in [6.07, 6.45) is 2.13. The number of nitrogens with zero attached hydrogens (tertiary/aromatic N) is 1. The Morgan fingerprint density at radius 3 is 2.90 bits per heavy atom. The SMILES string of the molecule is C[C@H]1CCCN(C(=O)COC(=O)c2ccc(Cl)c(N)c2)C1. The van der Waals surface area contributed by atoms with Crippen LogP contribution in [0.1, 0.15) is 30.1 Å². The zero-order chi connectivity index (χ0) is 15.4. The molecule has 1 atom stereocenters. The van der Waals surface area contributed by atoms with E-state index in [0.29, 0.717) is 16.6 Å². The van der Waals surface area contributed by atoms with Crippen LogP contribution in [0.25, 0.3) is 0 Å². The molecule has 1 aliphatic rings. The fourth-order valence-electron chi connectivity index (χ4n) is 2.39. The summed E-state index contributed by atoms with van der Waals surface area (Å²) < 4.78 is 5.04. The van der Waals surface area contributed by atoms with E-state index < -0.39 is 5.97 Å². The van der Waals surface area contributed by atoms with Gasteiger partial charge in [-0.3, -0.25) is 4.79 Å². The highest BCUT2D eigenvalue weighted by molar-refractivity contribution is 6.33. The number of halogens is 1. The van der Waals surface area contributed by atoms with Gasteiger partial charge in [0.2, 0.25) is 0 Å². The summed E-state index contributed by atoms with van der Waals surface area (Å²) in [6.45, 7) is 3.33. The highest BCUT2D eigenvalue weighted by Gasteiger charge is 2.22. The molecule has 6 heteroatoms. The third-order valence-electron chi connectivity index (χ3n) is 3.57. The third kappa shape index (κ3) is 4.11. The van der Waals surface area contributed by atoms with Gasteiger partial charge in [0.25, 0.3) is 5.91 Å². The van der Waals surface area contributed by atoms with Crippen LogP contribution in [0.5, 0.6) is 0 Å². The molecule has 114 valence electrons. The van der Waals surface area contributed by atoms with E-state index in [4.69, 9.17) is 22.1 Å². The monoisotopic (exact) mass is 310 g/mol. The van der Waals surface area contributed by atoms with Crippen molar-refractivity contribution in [3.05, 3.63) is 28.8 Å². The molecule has 1 heterocycles. The molecule has 1 aliphatic heterocycles. The minimum atomic E-state index is -0.572. The highest BCUT2D eigenvalue weighted by Crippen LogP contribution is 2.20. The molecule has 0 saturated carbocycles. The third-order valence-corrected chi connectivity index (χ3v) is 3.91. The highest BCUT2D eigenvalue weighted by atomic mass is 35.5. The van der Waals surface area contributed by atoms with Crippen molar-refractivity contribution in [1.29, 1.82) is 0 Å². The molecule has 21 heavy (non-hydrogen) atoms. The van der Waals surface area contributed by atoms with Gasteiger partial charge >= 0.3 is 5.97 Å². The number of amides is 1. The van der Waals surface area contributed by atoms with Crippen molar-refractivity contribution in [3.8, 4) is 0 Å². The minimum absolute atomic E-state index is 0.156. The Morgan fingerprint density at radius 2 is 2.24 bits per heavy atom. The lowest BCUT2D eigenvalue weighted by Crippen LogP contribution is -2.41. The predicted octanol–water partition coefficient (Wildman–Crippen LogP) is 2.34. The molecule has 2 N–H and O–H groups in total. The fourth-order valence-corrected chi connectivity index (χ4v) is 2.51. The molecule has 0 aliphatic carbocycles. The molecule has 0 unspecified atom stereocenters. The van der Waals surface area contributed by atoms with Gasteiger partial charge in [-0.05, 0) is 37.0 Å². The molecule has 0 radical (unpaired) electrons. The molecular weight excluding hydrogens is 292 g/mol. The van der Waals surface area contributed by atoms with E-state index in [0.717, 1.165) is 25.9 Å². The van der Waals surface area contributed by atoms with Gasteiger partial charge in [-0.2, -0.15) is 0 Å². The van der Waals surface area contributed by atoms with Crippen molar-refractivity contribution in [2.75, 3.05) is 25.4 Å². The second kappa shape index (κ2) is 6.80. The van der Waals surface area contributed by atoms with Crippen molar-refractivity contribution in [2.45, 2.75) is 19.8 Å². The molecule has 0 aromatic heterocycles. The van der Waals surface area contributed by atoms with E-state index in [1.807, 2.05) is 0 Å². The maximum atomic E-state index is 12.0. The number of nitrogens with two attached hydrogens (primary N) is 1. The summed E-state index contributed by atoms with van der Waals surface area (Å²) in [5, 5.41) is 0.380. The van der Waals surface area contributed by atoms with Crippen molar-refractivity contribution >= 4 is 29.2 Å². The zero-order valence-electron chi connectivity index (χ0n) is 12.0. The number of carbonyl (C=O) groups excluding carboxylic acids is 2. The second-order valence-corrected chi connectivity index (χ2v) is 5.81. The summed E-state index contributed by atoms with van der Waals surface area (Å²) in [7, 11) is 0. The standard InChI is InChI=1S/C15H19ClN2O3/c1-10-3-2-6-18(8-10)14(19)9-21-15(20)11-4-5-12(16)13(17)7-11/h4-5,7,10H,2-3,6,8-9,17H2,1H3/t10-/m0/s1. The van der Waals surface area contributed by atoms with E-state index in [1.165, 1.54) is 18.2 Å². The Balaban J connectivity index is 1.88. The average Bonchev–Trinajstić information content (AvgIpc) is 2.47. The van der Waals surface area contributed by atoms with Gasteiger partial charge in [0.15, 0.2) is 6.61 Å². The van der Waals surface area contributed by atoms with Crippen LogP contribution in [0.4, 0.5) is 5.69 Å². The van der Waals surface area contributed by atoms with Crippen LogP contribution in [-0.4, -0.2) is 36.5 Å².